The van der Waals surface area contributed by atoms with Crippen molar-refractivity contribution in [3.63, 3.8) is 0 Å². The average molecular weight is 335 g/mol. The van der Waals surface area contributed by atoms with Gasteiger partial charge in [0.15, 0.2) is 5.17 Å². The van der Waals surface area contributed by atoms with Crippen molar-refractivity contribution in [1.29, 1.82) is 0 Å². The molecule has 122 valence electrons. The molecule has 1 fully saturated rings. The van der Waals surface area contributed by atoms with Crippen LogP contribution in [0.4, 0.5) is 5.69 Å². The SMILES string of the molecule is CN=C1SC(CC(=O)Nc2ccc(C(=O)OC)cc2)C(=O)N1C. The first-order valence-electron chi connectivity index (χ1n) is 6.85. The topological polar surface area (TPSA) is 88.1 Å². The summed E-state index contributed by atoms with van der Waals surface area (Å²) in [6.07, 6.45) is 0.0611. The average Bonchev–Trinajstić information content (AvgIpc) is 2.82. The standard InChI is InChI=1S/C15H17N3O4S/c1-16-15-18(2)13(20)11(23-15)8-12(19)17-10-6-4-9(5-7-10)14(21)22-3/h4-7,11H,8H2,1-3H3,(H,17,19). The Balaban J connectivity index is 1.95. The van der Waals surface area contributed by atoms with Crippen LogP contribution in [0.25, 0.3) is 0 Å². The van der Waals surface area contributed by atoms with Crippen molar-refractivity contribution in [1.82, 2.24) is 4.90 Å². The minimum atomic E-state index is -0.465. The second-order valence-corrected chi connectivity index (χ2v) is 6.00. The van der Waals surface area contributed by atoms with Crippen LogP contribution in [-0.4, -0.2) is 54.3 Å². The Morgan fingerprint density at radius 1 is 1.35 bits per heavy atom. The monoisotopic (exact) mass is 335 g/mol. The number of ether oxygens (including phenoxy) is 1. The van der Waals surface area contributed by atoms with Gasteiger partial charge in [0.25, 0.3) is 0 Å². The Labute approximate surface area is 138 Å². The van der Waals surface area contributed by atoms with Crippen molar-refractivity contribution in [3.05, 3.63) is 29.8 Å². The molecule has 2 amide bonds. The molecule has 0 bridgehead atoms. The summed E-state index contributed by atoms with van der Waals surface area (Å²) in [5.41, 5.74) is 0.952. The normalized spacial score (nSPS) is 19.1. The van der Waals surface area contributed by atoms with E-state index in [1.54, 1.807) is 38.4 Å². The molecular weight excluding hydrogens is 318 g/mol. The van der Waals surface area contributed by atoms with Crippen LogP contribution in [0.1, 0.15) is 16.8 Å². The number of hydrogen-bond donors (Lipinski definition) is 1. The summed E-state index contributed by atoms with van der Waals surface area (Å²) in [5, 5.41) is 2.85. The fraction of sp³-hybridized carbons (Fsp3) is 0.333. The van der Waals surface area contributed by atoms with Gasteiger partial charge in [-0.2, -0.15) is 0 Å². The number of thioether (sulfide) groups is 1. The van der Waals surface area contributed by atoms with Crippen molar-refractivity contribution >= 4 is 40.4 Å². The Morgan fingerprint density at radius 3 is 2.52 bits per heavy atom. The first kappa shape index (κ1) is 17.0. The molecule has 7 nitrogen and oxygen atoms in total. The number of anilines is 1. The molecule has 0 saturated carbocycles. The van der Waals surface area contributed by atoms with Gasteiger partial charge in [0.1, 0.15) is 5.25 Å². The quantitative estimate of drug-likeness (QED) is 0.840. The van der Waals surface area contributed by atoms with Gasteiger partial charge in [0.2, 0.25) is 11.8 Å². The molecule has 1 heterocycles. The molecular formula is C15H17N3O4S. The Bertz CT molecular complexity index is 657. The number of nitrogens with one attached hydrogen (secondary N) is 1. The first-order valence-corrected chi connectivity index (χ1v) is 7.73. The second-order valence-electron chi connectivity index (χ2n) is 4.83. The van der Waals surface area contributed by atoms with Crippen molar-refractivity contribution in [2.24, 2.45) is 4.99 Å². The van der Waals surface area contributed by atoms with Gasteiger partial charge in [-0.25, -0.2) is 4.79 Å². The van der Waals surface area contributed by atoms with E-state index < -0.39 is 11.2 Å². The number of amidine groups is 1. The summed E-state index contributed by atoms with van der Waals surface area (Å²) in [4.78, 5) is 40.9. The van der Waals surface area contributed by atoms with E-state index in [1.807, 2.05) is 0 Å². The highest BCUT2D eigenvalue weighted by Crippen LogP contribution is 2.28. The van der Waals surface area contributed by atoms with Gasteiger partial charge in [-0.1, -0.05) is 11.8 Å². The summed E-state index contributed by atoms with van der Waals surface area (Å²) in [5.74, 6) is -0.843. The summed E-state index contributed by atoms with van der Waals surface area (Å²) in [6.45, 7) is 0. The molecule has 1 aliphatic heterocycles. The molecule has 0 aromatic heterocycles. The Hall–Kier alpha value is -2.35. The van der Waals surface area contributed by atoms with Crippen molar-refractivity contribution in [3.8, 4) is 0 Å². The summed E-state index contributed by atoms with van der Waals surface area (Å²) in [7, 11) is 4.55. The predicted molar refractivity (Wildman–Crippen MR) is 88.5 cm³/mol. The summed E-state index contributed by atoms with van der Waals surface area (Å²) in [6, 6.07) is 6.34. The lowest BCUT2D eigenvalue weighted by Crippen LogP contribution is -2.30. The highest BCUT2D eigenvalue weighted by atomic mass is 32.2. The van der Waals surface area contributed by atoms with Crippen LogP contribution in [-0.2, 0) is 14.3 Å². The van der Waals surface area contributed by atoms with Crippen LogP contribution in [0.3, 0.4) is 0 Å². The predicted octanol–water partition coefficient (Wildman–Crippen LogP) is 1.36. The third-order valence-corrected chi connectivity index (χ3v) is 4.61. The number of rotatable bonds is 4. The molecule has 0 aliphatic carbocycles. The van der Waals surface area contributed by atoms with Crippen LogP contribution in [0.5, 0.6) is 0 Å². The minimum Gasteiger partial charge on any atom is -0.465 e. The van der Waals surface area contributed by atoms with E-state index in [-0.39, 0.29) is 18.2 Å². The van der Waals surface area contributed by atoms with Crippen molar-refractivity contribution in [2.45, 2.75) is 11.7 Å². The molecule has 8 heteroatoms. The van der Waals surface area contributed by atoms with Crippen LogP contribution < -0.4 is 5.32 Å². The summed E-state index contributed by atoms with van der Waals surface area (Å²) >= 11 is 1.28. The van der Waals surface area contributed by atoms with E-state index in [9.17, 15) is 14.4 Å². The molecule has 1 saturated heterocycles. The van der Waals surface area contributed by atoms with E-state index in [4.69, 9.17) is 0 Å². The van der Waals surface area contributed by atoms with E-state index in [1.165, 1.54) is 23.8 Å². The Morgan fingerprint density at radius 2 is 2.00 bits per heavy atom. The molecule has 2 rings (SSSR count). The zero-order valence-electron chi connectivity index (χ0n) is 13.0. The third kappa shape index (κ3) is 3.89. The highest BCUT2D eigenvalue weighted by molar-refractivity contribution is 8.15. The van der Waals surface area contributed by atoms with E-state index in [2.05, 4.69) is 15.0 Å². The lowest BCUT2D eigenvalue weighted by Gasteiger charge is -2.09. The molecule has 1 aliphatic rings. The maximum atomic E-state index is 12.1. The van der Waals surface area contributed by atoms with Gasteiger partial charge in [0, 0.05) is 26.2 Å². The molecule has 23 heavy (non-hydrogen) atoms. The molecule has 0 spiro atoms. The fourth-order valence-corrected chi connectivity index (χ4v) is 3.19. The van der Waals surface area contributed by atoms with Gasteiger partial charge in [-0.15, -0.1) is 0 Å². The minimum absolute atomic E-state index is 0.0611. The van der Waals surface area contributed by atoms with Gasteiger partial charge in [0.05, 0.1) is 12.7 Å². The number of carbonyl (C=O) groups excluding carboxylic acids is 3. The van der Waals surface area contributed by atoms with E-state index in [0.717, 1.165) is 0 Å². The number of hydrogen-bond acceptors (Lipinski definition) is 6. The van der Waals surface area contributed by atoms with Crippen LogP contribution >= 0.6 is 11.8 Å². The maximum absolute atomic E-state index is 12.1. The number of methoxy groups -OCH3 is 1. The number of carbonyl (C=O) groups is 3. The van der Waals surface area contributed by atoms with E-state index in [0.29, 0.717) is 16.4 Å². The van der Waals surface area contributed by atoms with Crippen LogP contribution in [0.2, 0.25) is 0 Å². The van der Waals surface area contributed by atoms with Crippen LogP contribution in [0.15, 0.2) is 29.3 Å². The third-order valence-electron chi connectivity index (χ3n) is 3.29. The molecule has 1 N–H and O–H groups in total. The van der Waals surface area contributed by atoms with Crippen molar-refractivity contribution < 1.29 is 19.1 Å². The van der Waals surface area contributed by atoms with Gasteiger partial charge in [-0.05, 0) is 24.3 Å². The fourth-order valence-electron chi connectivity index (χ4n) is 2.09. The first-order chi connectivity index (χ1) is 11.0. The highest BCUT2D eigenvalue weighted by Gasteiger charge is 2.36. The molecule has 1 atom stereocenters. The van der Waals surface area contributed by atoms with Gasteiger partial charge in [-0.3, -0.25) is 19.5 Å². The Kier molecular flexibility index (Phi) is 5.38. The number of benzene rings is 1. The molecule has 1 aromatic rings. The van der Waals surface area contributed by atoms with Gasteiger partial charge >= 0.3 is 5.97 Å². The number of esters is 1. The second kappa shape index (κ2) is 7.28. The zero-order valence-corrected chi connectivity index (χ0v) is 13.8. The summed E-state index contributed by atoms with van der Waals surface area (Å²) < 4.78 is 4.61. The van der Waals surface area contributed by atoms with Gasteiger partial charge < -0.3 is 10.1 Å². The van der Waals surface area contributed by atoms with Crippen LogP contribution in [0, 0.1) is 0 Å². The van der Waals surface area contributed by atoms with Crippen molar-refractivity contribution in [2.75, 3.05) is 26.5 Å². The zero-order chi connectivity index (χ0) is 17.0. The lowest BCUT2D eigenvalue weighted by molar-refractivity contribution is -0.127. The molecule has 0 radical (unpaired) electrons. The number of nitrogens with zero attached hydrogens (tertiary/aromatic N) is 2. The molecule has 1 unspecified atom stereocenters. The van der Waals surface area contributed by atoms with E-state index >= 15 is 0 Å². The largest absolute Gasteiger partial charge is 0.465 e. The number of amides is 2. The lowest BCUT2D eigenvalue weighted by atomic mass is 10.2. The maximum Gasteiger partial charge on any atom is 0.337 e. The smallest absolute Gasteiger partial charge is 0.337 e. The number of aliphatic imine (C=N–C) groups is 1. The molecule has 1 aromatic carbocycles.